The van der Waals surface area contributed by atoms with E-state index in [-0.39, 0.29) is 17.4 Å². The second-order valence-corrected chi connectivity index (χ2v) is 4.97. The van der Waals surface area contributed by atoms with Crippen LogP contribution in [0.1, 0.15) is 5.56 Å². The lowest BCUT2D eigenvalue weighted by Gasteiger charge is -2.11. The van der Waals surface area contributed by atoms with Crippen molar-refractivity contribution in [3.8, 4) is 5.75 Å². The molecule has 106 valence electrons. The van der Waals surface area contributed by atoms with Gasteiger partial charge in [-0.2, -0.15) is 0 Å². The number of aromatic nitrogens is 1. The zero-order valence-corrected chi connectivity index (χ0v) is 11.8. The van der Waals surface area contributed by atoms with Crippen LogP contribution in [0.3, 0.4) is 0 Å². The fourth-order valence-corrected chi connectivity index (χ4v) is 2.28. The maximum Gasteiger partial charge on any atom is 0.174 e. The third-order valence-electron chi connectivity index (χ3n) is 3.13. The molecule has 0 unspecified atom stereocenters. The van der Waals surface area contributed by atoms with Gasteiger partial charge in [0.1, 0.15) is 12.4 Å². The van der Waals surface area contributed by atoms with Crippen LogP contribution in [0.4, 0.5) is 10.2 Å². The number of ether oxygens (including phenoxy) is 1. The first-order chi connectivity index (χ1) is 10.1. The molecule has 3 aromatic rings. The van der Waals surface area contributed by atoms with Crippen LogP contribution in [0.25, 0.3) is 10.9 Å². The van der Waals surface area contributed by atoms with E-state index in [1.807, 2.05) is 30.3 Å². The Balaban J connectivity index is 1.90. The standard InChI is InChI=1S/C16H12ClFN2O/c17-12-5-3-6-13(18)15(12)21-9-11-8-10-4-1-2-7-14(10)20-16(11)19/h1-8H,9H2,(H2,19,20). The molecule has 0 saturated heterocycles. The highest BCUT2D eigenvalue weighted by Crippen LogP contribution is 2.29. The number of para-hydroxylation sites is 2. The average Bonchev–Trinajstić information content (AvgIpc) is 2.47. The van der Waals surface area contributed by atoms with Crippen LogP contribution in [0.5, 0.6) is 5.75 Å². The van der Waals surface area contributed by atoms with Gasteiger partial charge >= 0.3 is 0 Å². The number of pyridine rings is 1. The average molecular weight is 303 g/mol. The maximum absolute atomic E-state index is 13.7. The largest absolute Gasteiger partial charge is 0.484 e. The lowest BCUT2D eigenvalue weighted by atomic mass is 10.1. The molecule has 3 rings (SSSR count). The van der Waals surface area contributed by atoms with E-state index in [1.54, 1.807) is 6.07 Å². The predicted molar refractivity (Wildman–Crippen MR) is 81.9 cm³/mol. The monoisotopic (exact) mass is 302 g/mol. The van der Waals surface area contributed by atoms with Gasteiger partial charge in [-0.05, 0) is 24.3 Å². The molecule has 0 aliphatic heterocycles. The van der Waals surface area contributed by atoms with E-state index in [0.29, 0.717) is 11.4 Å². The predicted octanol–water partition coefficient (Wildman–Crippen LogP) is 4.19. The summed E-state index contributed by atoms with van der Waals surface area (Å²) in [5.41, 5.74) is 7.41. The Morgan fingerprint density at radius 3 is 2.76 bits per heavy atom. The lowest BCUT2D eigenvalue weighted by molar-refractivity contribution is 0.291. The molecule has 0 aliphatic rings. The molecule has 0 amide bonds. The van der Waals surface area contributed by atoms with Crippen LogP contribution in [-0.2, 0) is 6.61 Å². The van der Waals surface area contributed by atoms with Crippen molar-refractivity contribution < 1.29 is 9.13 Å². The van der Waals surface area contributed by atoms with Gasteiger partial charge in [0, 0.05) is 10.9 Å². The van der Waals surface area contributed by atoms with Gasteiger partial charge in [-0.1, -0.05) is 35.9 Å². The van der Waals surface area contributed by atoms with Crippen molar-refractivity contribution in [2.45, 2.75) is 6.61 Å². The Morgan fingerprint density at radius 1 is 1.14 bits per heavy atom. The first-order valence-electron chi connectivity index (χ1n) is 6.36. The minimum absolute atomic E-state index is 0.0201. The Kier molecular flexibility index (Phi) is 3.62. The van der Waals surface area contributed by atoms with E-state index in [1.165, 1.54) is 12.1 Å². The number of anilines is 1. The summed E-state index contributed by atoms with van der Waals surface area (Å²) in [5.74, 6) is -0.122. The number of nitrogen functional groups attached to an aromatic ring is 1. The number of fused-ring (bicyclic) bond motifs is 1. The molecule has 1 aromatic heterocycles. The second kappa shape index (κ2) is 5.58. The summed E-state index contributed by atoms with van der Waals surface area (Å²) in [6.07, 6.45) is 0. The van der Waals surface area contributed by atoms with Gasteiger partial charge in [0.25, 0.3) is 0 Å². The smallest absolute Gasteiger partial charge is 0.174 e. The third kappa shape index (κ3) is 2.76. The van der Waals surface area contributed by atoms with Gasteiger partial charge in [-0.15, -0.1) is 0 Å². The van der Waals surface area contributed by atoms with E-state index in [4.69, 9.17) is 22.1 Å². The molecule has 2 N–H and O–H groups in total. The number of nitrogens with zero attached hydrogens (tertiary/aromatic N) is 1. The molecule has 0 saturated carbocycles. The summed E-state index contributed by atoms with van der Waals surface area (Å²) in [5, 5.41) is 1.17. The molecule has 5 heteroatoms. The fourth-order valence-electron chi connectivity index (χ4n) is 2.06. The quantitative estimate of drug-likeness (QED) is 0.789. The van der Waals surface area contributed by atoms with Gasteiger partial charge in [0.05, 0.1) is 10.5 Å². The van der Waals surface area contributed by atoms with E-state index in [2.05, 4.69) is 4.98 Å². The number of hydrogen-bond donors (Lipinski definition) is 1. The summed E-state index contributed by atoms with van der Waals surface area (Å²) in [7, 11) is 0. The van der Waals surface area contributed by atoms with E-state index >= 15 is 0 Å². The first-order valence-corrected chi connectivity index (χ1v) is 6.74. The SMILES string of the molecule is Nc1nc2ccccc2cc1COc1c(F)cccc1Cl. The number of halogens is 2. The third-order valence-corrected chi connectivity index (χ3v) is 3.42. The van der Waals surface area contributed by atoms with Crippen molar-refractivity contribution in [2.75, 3.05) is 5.73 Å². The number of benzene rings is 2. The normalized spacial score (nSPS) is 10.8. The van der Waals surface area contributed by atoms with Crippen LogP contribution in [0.2, 0.25) is 5.02 Å². The number of nitrogens with two attached hydrogens (primary N) is 1. The first kappa shape index (κ1) is 13.6. The zero-order chi connectivity index (χ0) is 14.8. The molecule has 21 heavy (non-hydrogen) atoms. The van der Waals surface area contributed by atoms with Gasteiger partial charge < -0.3 is 10.5 Å². The topological polar surface area (TPSA) is 48.1 Å². The Hall–Kier alpha value is -2.33. The molecule has 0 fully saturated rings. The molecule has 0 spiro atoms. The van der Waals surface area contributed by atoms with E-state index < -0.39 is 5.82 Å². The van der Waals surface area contributed by atoms with Crippen molar-refractivity contribution in [1.29, 1.82) is 0 Å². The van der Waals surface area contributed by atoms with Crippen LogP contribution in [-0.4, -0.2) is 4.98 Å². The van der Waals surface area contributed by atoms with Crippen molar-refractivity contribution in [2.24, 2.45) is 0 Å². The molecule has 0 bridgehead atoms. The summed E-state index contributed by atoms with van der Waals surface area (Å²) in [6, 6.07) is 13.9. The molecule has 0 aliphatic carbocycles. The summed E-state index contributed by atoms with van der Waals surface area (Å²) < 4.78 is 19.1. The highest BCUT2D eigenvalue weighted by atomic mass is 35.5. The maximum atomic E-state index is 13.7. The Morgan fingerprint density at radius 2 is 1.95 bits per heavy atom. The van der Waals surface area contributed by atoms with Crippen LogP contribution < -0.4 is 10.5 Å². The van der Waals surface area contributed by atoms with Crippen molar-refractivity contribution >= 4 is 28.3 Å². The molecule has 1 heterocycles. The van der Waals surface area contributed by atoms with E-state index in [9.17, 15) is 4.39 Å². The van der Waals surface area contributed by atoms with Crippen molar-refractivity contribution in [3.63, 3.8) is 0 Å². The fraction of sp³-hybridized carbons (Fsp3) is 0.0625. The van der Waals surface area contributed by atoms with Crippen LogP contribution >= 0.6 is 11.6 Å². The molecular weight excluding hydrogens is 291 g/mol. The molecule has 3 nitrogen and oxygen atoms in total. The highest BCUT2D eigenvalue weighted by molar-refractivity contribution is 6.32. The Labute approximate surface area is 126 Å². The minimum Gasteiger partial charge on any atom is -0.484 e. The Bertz CT molecular complexity index is 787. The van der Waals surface area contributed by atoms with E-state index in [0.717, 1.165) is 10.9 Å². The van der Waals surface area contributed by atoms with Crippen molar-refractivity contribution in [3.05, 3.63) is 64.9 Å². The van der Waals surface area contributed by atoms with Gasteiger partial charge in [0.2, 0.25) is 0 Å². The minimum atomic E-state index is -0.505. The van der Waals surface area contributed by atoms with Crippen molar-refractivity contribution in [1.82, 2.24) is 4.98 Å². The number of hydrogen-bond acceptors (Lipinski definition) is 3. The van der Waals surface area contributed by atoms with Gasteiger partial charge in [0.15, 0.2) is 11.6 Å². The van der Waals surface area contributed by atoms with Crippen LogP contribution in [0.15, 0.2) is 48.5 Å². The molecule has 0 atom stereocenters. The summed E-state index contributed by atoms with van der Waals surface area (Å²) in [6.45, 7) is 0.102. The zero-order valence-electron chi connectivity index (χ0n) is 11.0. The molecule has 0 radical (unpaired) electrons. The number of rotatable bonds is 3. The summed E-state index contributed by atoms with van der Waals surface area (Å²) >= 11 is 5.92. The second-order valence-electron chi connectivity index (χ2n) is 4.56. The highest BCUT2D eigenvalue weighted by Gasteiger charge is 2.10. The lowest BCUT2D eigenvalue weighted by Crippen LogP contribution is -2.04. The van der Waals surface area contributed by atoms with Gasteiger partial charge in [-0.25, -0.2) is 9.37 Å². The van der Waals surface area contributed by atoms with Crippen LogP contribution in [0, 0.1) is 5.82 Å². The molecule has 2 aromatic carbocycles. The van der Waals surface area contributed by atoms with Gasteiger partial charge in [-0.3, -0.25) is 0 Å². The summed E-state index contributed by atoms with van der Waals surface area (Å²) in [4.78, 5) is 4.30. The molecular formula is C16H12ClFN2O.